The van der Waals surface area contributed by atoms with Gasteiger partial charge in [-0.2, -0.15) is 0 Å². The van der Waals surface area contributed by atoms with Gasteiger partial charge >= 0.3 is 23.9 Å². The predicted molar refractivity (Wildman–Crippen MR) is 181 cm³/mol. The lowest BCUT2D eigenvalue weighted by molar-refractivity contribution is -0.202. The van der Waals surface area contributed by atoms with Gasteiger partial charge in [0, 0.05) is 52.2 Å². The highest BCUT2D eigenvalue weighted by Gasteiger charge is 2.49. The standard InChI is InChI=1S/C34H59N3O13/c1-6-26(40)47-30(25(39)16-14-19-36-18-13-15-24(38)23-46-22-21-45-5)31(48-27(41)7-2)32(49-28(42)8-3)33(50-29(43)9-4)34(44)37-20-12-10-11-17-35/h30-33,36H,6-23,35H2,1-5H3,(H,37,44). The maximum Gasteiger partial charge on any atom is 0.306 e. The Bertz CT molecular complexity index is 1040. The van der Waals surface area contributed by atoms with Gasteiger partial charge in [0.1, 0.15) is 6.61 Å². The number of carbonyl (C=O) groups excluding carboxylic acids is 7. The molecule has 0 rings (SSSR count). The van der Waals surface area contributed by atoms with E-state index in [2.05, 4.69) is 10.6 Å². The molecule has 0 radical (unpaired) electrons. The number of amides is 1. The molecule has 4 atom stereocenters. The summed E-state index contributed by atoms with van der Waals surface area (Å²) in [5.41, 5.74) is 5.54. The summed E-state index contributed by atoms with van der Waals surface area (Å²) in [6, 6.07) is 0. The van der Waals surface area contributed by atoms with Crippen LogP contribution in [0.25, 0.3) is 0 Å². The number of hydrogen-bond donors (Lipinski definition) is 3. The van der Waals surface area contributed by atoms with Crippen molar-refractivity contribution in [1.29, 1.82) is 0 Å². The van der Waals surface area contributed by atoms with Gasteiger partial charge in [0.25, 0.3) is 5.91 Å². The molecule has 0 spiro atoms. The van der Waals surface area contributed by atoms with Crippen molar-refractivity contribution in [2.75, 3.05) is 53.1 Å². The molecule has 0 aliphatic heterocycles. The average molecular weight is 718 g/mol. The summed E-state index contributed by atoms with van der Waals surface area (Å²) in [6.07, 6.45) is -5.04. The Kier molecular flexibility index (Phi) is 27.2. The van der Waals surface area contributed by atoms with Crippen molar-refractivity contribution in [1.82, 2.24) is 10.6 Å². The number of ether oxygens (including phenoxy) is 6. The summed E-state index contributed by atoms with van der Waals surface area (Å²) in [5.74, 6) is -4.92. The fourth-order valence-corrected chi connectivity index (χ4v) is 4.33. The van der Waals surface area contributed by atoms with Crippen LogP contribution in [0.5, 0.6) is 0 Å². The van der Waals surface area contributed by atoms with E-state index in [1.165, 1.54) is 27.7 Å². The van der Waals surface area contributed by atoms with Crippen LogP contribution in [0.15, 0.2) is 0 Å². The third kappa shape index (κ3) is 20.9. The Morgan fingerprint density at radius 2 is 1.12 bits per heavy atom. The summed E-state index contributed by atoms with van der Waals surface area (Å²) in [7, 11) is 1.54. The van der Waals surface area contributed by atoms with Crippen molar-refractivity contribution in [3.8, 4) is 0 Å². The molecule has 0 aromatic heterocycles. The topological polar surface area (TPSA) is 225 Å². The second-order valence-corrected chi connectivity index (χ2v) is 11.3. The highest BCUT2D eigenvalue weighted by atomic mass is 16.6. The van der Waals surface area contributed by atoms with Gasteiger partial charge in [-0.25, -0.2) is 0 Å². The largest absolute Gasteiger partial charge is 0.454 e. The van der Waals surface area contributed by atoms with Crippen molar-refractivity contribution in [3.05, 3.63) is 0 Å². The molecule has 16 nitrogen and oxygen atoms in total. The minimum atomic E-state index is -1.85. The number of esters is 4. The van der Waals surface area contributed by atoms with Crippen LogP contribution >= 0.6 is 0 Å². The molecule has 288 valence electrons. The number of nitrogens with two attached hydrogens (primary N) is 1. The number of rotatable bonds is 31. The van der Waals surface area contributed by atoms with Gasteiger partial charge in [-0.05, 0) is 45.3 Å². The number of hydrogen-bond acceptors (Lipinski definition) is 15. The van der Waals surface area contributed by atoms with E-state index in [-0.39, 0.29) is 57.5 Å². The van der Waals surface area contributed by atoms with E-state index in [4.69, 9.17) is 34.2 Å². The van der Waals surface area contributed by atoms with Crippen LogP contribution in [-0.4, -0.2) is 119 Å². The minimum absolute atomic E-state index is 0.00299. The van der Waals surface area contributed by atoms with E-state index in [0.717, 1.165) is 6.42 Å². The Morgan fingerprint density at radius 3 is 1.66 bits per heavy atom. The van der Waals surface area contributed by atoms with E-state index in [9.17, 15) is 33.6 Å². The molecule has 0 bridgehead atoms. The monoisotopic (exact) mass is 717 g/mol. The quantitative estimate of drug-likeness (QED) is 0.0524. The number of nitrogens with one attached hydrogen (secondary N) is 2. The van der Waals surface area contributed by atoms with Crippen molar-refractivity contribution in [2.45, 2.75) is 123 Å². The summed E-state index contributed by atoms with van der Waals surface area (Å²) < 4.78 is 32.2. The number of carbonyl (C=O) groups is 7. The van der Waals surface area contributed by atoms with Gasteiger partial charge in [0.15, 0.2) is 23.8 Å². The fraction of sp³-hybridized carbons (Fsp3) is 0.794. The molecule has 50 heavy (non-hydrogen) atoms. The lowest BCUT2D eigenvalue weighted by Gasteiger charge is -2.35. The van der Waals surface area contributed by atoms with Crippen molar-refractivity contribution in [2.24, 2.45) is 5.73 Å². The molecule has 16 heteroatoms. The zero-order valence-electron chi connectivity index (χ0n) is 30.4. The van der Waals surface area contributed by atoms with E-state index < -0.39 is 60.0 Å². The predicted octanol–water partition coefficient (Wildman–Crippen LogP) is 1.47. The smallest absolute Gasteiger partial charge is 0.306 e. The van der Waals surface area contributed by atoms with Crippen LogP contribution in [0, 0.1) is 0 Å². The first-order chi connectivity index (χ1) is 24.0. The Balaban J connectivity index is 6.12. The first-order valence-corrected chi connectivity index (χ1v) is 17.6. The lowest BCUT2D eigenvalue weighted by atomic mass is 9.96. The van der Waals surface area contributed by atoms with Crippen LogP contribution < -0.4 is 16.4 Å². The van der Waals surface area contributed by atoms with Crippen molar-refractivity contribution >= 4 is 41.4 Å². The van der Waals surface area contributed by atoms with Gasteiger partial charge in [0.2, 0.25) is 12.2 Å². The molecule has 0 aliphatic rings. The zero-order chi connectivity index (χ0) is 37.7. The van der Waals surface area contributed by atoms with Gasteiger partial charge < -0.3 is 44.8 Å². The molecule has 1 amide bonds. The molecule has 4 N–H and O–H groups in total. The third-order valence-electron chi connectivity index (χ3n) is 7.16. The number of Topliss-reactive ketones (excluding diaryl/α,β-unsaturated/α-hetero) is 2. The molecule has 0 aromatic rings. The third-order valence-corrected chi connectivity index (χ3v) is 7.16. The average Bonchev–Trinajstić information content (AvgIpc) is 3.11. The van der Waals surface area contributed by atoms with Crippen LogP contribution in [0.1, 0.15) is 98.3 Å². The van der Waals surface area contributed by atoms with E-state index in [1.54, 1.807) is 7.11 Å². The van der Waals surface area contributed by atoms with Crippen LogP contribution in [0.2, 0.25) is 0 Å². The summed E-state index contributed by atoms with van der Waals surface area (Å²) >= 11 is 0. The summed E-state index contributed by atoms with van der Waals surface area (Å²) in [5, 5.41) is 5.78. The summed E-state index contributed by atoms with van der Waals surface area (Å²) in [4.78, 5) is 89.7. The second-order valence-electron chi connectivity index (χ2n) is 11.3. The maximum atomic E-state index is 13.7. The molecule has 0 saturated carbocycles. The first kappa shape index (κ1) is 46.5. The maximum absolute atomic E-state index is 13.7. The Hall–Kier alpha value is -3.47. The molecule has 0 heterocycles. The first-order valence-electron chi connectivity index (χ1n) is 17.6. The second kappa shape index (κ2) is 29.3. The molecular formula is C34H59N3O13. The van der Waals surface area contributed by atoms with E-state index >= 15 is 0 Å². The molecule has 0 saturated heterocycles. The molecular weight excluding hydrogens is 658 g/mol. The van der Waals surface area contributed by atoms with Gasteiger partial charge in [-0.3, -0.25) is 33.6 Å². The number of unbranched alkanes of at least 4 members (excludes halogenated alkanes) is 2. The summed E-state index contributed by atoms with van der Waals surface area (Å²) in [6.45, 7) is 8.17. The Labute approximate surface area is 295 Å². The van der Waals surface area contributed by atoms with Gasteiger partial charge in [-0.1, -0.05) is 34.1 Å². The highest BCUT2D eigenvalue weighted by Crippen LogP contribution is 2.23. The van der Waals surface area contributed by atoms with Crippen molar-refractivity contribution in [3.63, 3.8) is 0 Å². The number of ketones is 2. The number of methoxy groups -OCH3 is 1. The van der Waals surface area contributed by atoms with E-state index in [0.29, 0.717) is 58.5 Å². The fourth-order valence-electron chi connectivity index (χ4n) is 4.33. The molecule has 0 aromatic carbocycles. The highest BCUT2D eigenvalue weighted by molar-refractivity contribution is 5.88. The van der Waals surface area contributed by atoms with Crippen LogP contribution in [0.4, 0.5) is 0 Å². The van der Waals surface area contributed by atoms with Crippen LogP contribution in [-0.2, 0) is 62.0 Å². The minimum Gasteiger partial charge on any atom is -0.454 e. The lowest BCUT2D eigenvalue weighted by Crippen LogP contribution is -2.58. The SMILES string of the molecule is CCC(=O)OC(C(=O)CCCNCCCC(=O)COCCOC)C(OC(=O)CC)C(OC(=O)CC)C(OC(=O)CC)C(=O)NCCCCCN. The normalized spacial score (nSPS) is 13.3. The Morgan fingerprint density at radius 1 is 0.600 bits per heavy atom. The van der Waals surface area contributed by atoms with Gasteiger partial charge in [0.05, 0.1) is 13.2 Å². The van der Waals surface area contributed by atoms with E-state index in [1.807, 2.05) is 0 Å². The molecule has 0 fully saturated rings. The van der Waals surface area contributed by atoms with Gasteiger partial charge in [-0.15, -0.1) is 0 Å². The molecule has 4 unspecified atom stereocenters. The zero-order valence-corrected chi connectivity index (χ0v) is 30.4. The molecule has 0 aliphatic carbocycles. The van der Waals surface area contributed by atoms with Crippen molar-refractivity contribution < 1.29 is 62.0 Å². The van der Waals surface area contributed by atoms with Crippen LogP contribution in [0.3, 0.4) is 0 Å².